The van der Waals surface area contributed by atoms with Crippen molar-refractivity contribution in [3.63, 3.8) is 0 Å². The lowest BCUT2D eigenvalue weighted by atomic mass is 9.95. The molecule has 0 saturated carbocycles. The number of sulfonamides is 1. The van der Waals surface area contributed by atoms with E-state index in [1.807, 2.05) is 0 Å². The highest BCUT2D eigenvalue weighted by Crippen LogP contribution is 2.32. The summed E-state index contributed by atoms with van der Waals surface area (Å²) < 4.78 is 26.9. The zero-order valence-corrected chi connectivity index (χ0v) is 14.5. The third kappa shape index (κ3) is 3.46. The zero-order chi connectivity index (χ0) is 15.9. The first-order chi connectivity index (χ1) is 10.4. The van der Waals surface area contributed by atoms with Crippen molar-refractivity contribution in [1.82, 2.24) is 9.62 Å². The Kier molecular flexibility index (Phi) is 5.52. The van der Waals surface area contributed by atoms with Crippen molar-refractivity contribution in [2.24, 2.45) is 5.92 Å². The summed E-state index contributed by atoms with van der Waals surface area (Å²) in [7, 11) is -3.72. The Morgan fingerprint density at radius 2 is 2.09 bits per heavy atom. The van der Waals surface area contributed by atoms with Gasteiger partial charge in [0.1, 0.15) is 4.90 Å². The minimum atomic E-state index is -3.72. The van der Waals surface area contributed by atoms with Crippen molar-refractivity contribution in [3.8, 4) is 0 Å². The number of hydrogen-bond donors (Lipinski definition) is 1. The molecule has 2 saturated heterocycles. The Morgan fingerprint density at radius 1 is 1.35 bits per heavy atom. The van der Waals surface area contributed by atoms with Gasteiger partial charge in [-0.2, -0.15) is 4.31 Å². The number of nitro benzene ring substituents is 1. The average Bonchev–Trinajstić information content (AvgIpc) is 2.94. The molecule has 23 heavy (non-hydrogen) atoms. The summed E-state index contributed by atoms with van der Waals surface area (Å²) in [5.74, 6) is 0.320. The highest BCUT2D eigenvalue weighted by molar-refractivity contribution is 7.89. The second-order valence-corrected chi connectivity index (χ2v) is 7.95. The molecule has 0 aliphatic carbocycles. The van der Waals surface area contributed by atoms with Crippen LogP contribution in [0.3, 0.4) is 0 Å². The van der Waals surface area contributed by atoms with E-state index in [-0.39, 0.29) is 28.0 Å². The number of rotatable bonds is 3. The van der Waals surface area contributed by atoms with Gasteiger partial charge in [0.2, 0.25) is 10.0 Å². The van der Waals surface area contributed by atoms with Crippen LogP contribution >= 0.6 is 24.0 Å². The van der Waals surface area contributed by atoms with E-state index in [1.54, 1.807) is 0 Å². The quantitative estimate of drug-likeness (QED) is 0.638. The van der Waals surface area contributed by atoms with Crippen LogP contribution in [0.5, 0.6) is 0 Å². The second kappa shape index (κ2) is 6.90. The minimum Gasteiger partial charge on any atom is -0.314 e. The van der Waals surface area contributed by atoms with Crippen molar-refractivity contribution >= 4 is 39.7 Å². The maximum Gasteiger partial charge on any atom is 0.271 e. The second-order valence-electron chi connectivity index (χ2n) is 5.63. The summed E-state index contributed by atoms with van der Waals surface area (Å²) in [6.45, 7) is 1.82. The summed E-state index contributed by atoms with van der Waals surface area (Å²) in [4.78, 5) is 10.1. The Hall–Kier alpha value is -0.930. The van der Waals surface area contributed by atoms with Crippen molar-refractivity contribution in [2.75, 3.05) is 19.6 Å². The van der Waals surface area contributed by atoms with E-state index in [4.69, 9.17) is 11.6 Å². The molecule has 3 rings (SSSR count). The van der Waals surface area contributed by atoms with Gasteiger partial charge < -0.3 is 5.32 Å². The number of non-ortho nitro benzene ring substituents is 1. The van der Waals surface area contributed by atoms with Crippen LogP contribution in [-0.4, -0.2) is 43.3 Å². The van der Waals surface area contributed by atoms with Gasteiger partial charge in [-0.3, -0.25) is 10.1 Å². The number of nitro groups is 1. The Bertz CT molecular complexity index is 713. The van der Waals surface area contributed by atoms with Crippen LogP contribution in [0.2, 0.25) is 5.02 Å². The molecule has 1 N–H and O–H groups in total. The number of halogens is 2. The fourth-order valence-corrected chi connectivity index (χ4v) is 5.21. The molecule has 10 heteroatoms. The third-order valence-electron chi connectivity index (χ3n) is 4.36. The van der Waals surface area contributed by atoms with Crippen LogP contribution in [0.4, 0.5) is 5.69 Å². The first kappa shape index (κ1) is 18.4. The van der Waals surface area contributed by atoms with Gasteiger partial charge >= 0.3 is 0 Å². The molecule has 128 valence electrons. The van der Waals surface area contributed by atoms with E-state index in [2.05, 4.69) is 5.32 Å². The first-order valence-corrected chi connectivity index (χ1v) is 8.89. The van der Waals surface area contributed by atoms with Gasteiger partial charge in [-0.1, -0.05) is 11.6 Å². The summed E-state index contributed by atoms with van der Waals surface area (Å²) in [6, 6.07) is 3.86. The van der Waals surface area contributed by atoms with Gasteiger partial charge in [0.05, 0.1) is 9.95 Å². The van der Waals surface area contributed by atoms with Gasteiger partial charge in [0.25, 0.3) is 5.69 Å². The van der Waals surface area contributed by atoms with Gasteiger partial charge in [0.15, 0.2) is 0 Å². The zero-order valence-electron chi connectivity index (χ0n) is 12.1. The van der Waals surface area contributed by atoms with Crippen molar-refractivity contribution in [2.45, 2.75) is 23.8 Å². The molecule has 1 aromatic carbocycles. The van der Waals surface area contributed by atoms with Crippen LogP contribution in [0, 0.1) is 16.0 Å². The number of nitrogens with zero attached hydrogens (tertiary/aromatic N) is 2. The molecule has 0 spiro atoms. The summed E-state index contributed by atoms with van der Waals surface area (Å²) >= 11 is 5.97. The number of hydrogen-bond acceptors (Lipinski definition) is 5. The molecule has 2 atom stereocenters. The van der Waals surface area contributed by atoms with E-state index < -0.39 is 14.9 Å². The van der Waals surface area contributed by atoms with Gasteiger partial charge in [-0.05, 0) is 31.4 Å². The molecule has 0 bridgehead atoms. The highest BCUT2D eigenvalue weighted by Gasteiger charge is 2.38. The Morgan fingerprint density at radius 3 is 2.74 bits per heavy atom. The largest absolute Gasteiger partial charge is 0.314 e. The molecule has 0 aromatic heterocycles. The number of nitrogens with one attached hydrogen (secondary N) is 1. The average molecular weight is 382 g/mol. The predicted molar refractivity (Wildman–Crippen MR) is 88.6 cm³/mol. The minimum absolute atomic E-state index is 0. The van der Waals surface area contributed by atoms with E-state index in [1.165, 1.54) is 16.4 Å². The van der Waals surface area contributed by atoms with Crippen LogP contribution in [0.25, 0.3) is 0 Å². The molecule has 0 amide bonds. The van der Waals surface area contributed by atoms with Crippen molar-refractivity contribution in [1.29, 1.82) is 0 Å². The van der Waals surface area contributed by atoms with Gasteiger partial charge in [-0.25, -0.2) is 8.42 Å². The van der Waals surface area contributed by atoms with Crippen LogP contribution < -0.4 is 5.32 Å². The maximum absolute atomic E-state index is 12.7. The van der Waals surface area contributed by atoms with Crippen LogP contribution in [0.1, 0.15) is 12.8 Å². The van der Waals surface area contributed by atoms with Gasteiger partial charge in [-0.15, -0.1) is 12.4 Å². The molecule has 0 radical (unpaired) electrons. The monoisotopic (exact) mass is 381 g/mol. The number of piperidine rings is 1. The molecule has 1 aromatic rings. The summed E-state index contributed by atoms with van der Waals surface area (Å²) in [5, 5.41) is 14.0. The van der Waals surface area contributed by atoms with Crippen molar-refractivity contribution in [3.05, 3.63) is 33.3 Å². The highest BCUT2D eigenvalue weighted by atomic mass is 35.5. The van der Waals surface area contributed by atoms with Gasteiger partial charge in [0, 0.05) is 31.3 Å². The molecule has 2 fully saturated rings. The standard InChI is InChI=1S/C13H16ClN3O4S.ClH/c14-11-7-10(17(18)19)1-2-13(11)22(20,21)16-6-4-12-9(8-16)3-5-15-12;/h1-2,7,9,12,15H,3-6,8H2;1H. The molecular formula is C13H17Cl2N3O4S. The molecule has 2 aliphatic heterocycles. The predicted octanol–water partition coefficient (Wildman–Crippen LogP) is 2.04. The lowest BCUT2D eigenvalue weighted by molar-refractivity contribution is -0.384. The van der Waals surface area contributed by atoms with E-state index >= 15 is 0 Å². The summed E-state index contributed by atoms with van der Waals surface area (Å²) in [6.07, 6.45) is 1.74. The third-order valence-corrected chi connectivity index (χ3v) is 6.71. The Balaban J connectivity index is 0.00000192. The molecule has 2 aliphatic rings. The van der Waals surface area contributed by atoms with E-state index in [0.717, 1.165) is 25.5 Å². The van der Waals surface area contributed by atoms with E-state index in [0.29, 0.717) is 25.0 Å². The summed E-state index contributed by atoms with van der Waals surface area (Å²) in [5.41, 5.74) is -0.220. The SMILES string of the molecule is Cl.O=[N+]([O-])c1ccc(S(=O)(=O)N2CCC3NCCC3C2)c(Cl)c1. The fourth-order valence-electron chi connectivity index (χ4n) is 3.18. The van der Waals surface area contributed by atoms with Crippen molar-refractivity contribution < 1.29 is 13.3 Å². The lowest BCUT2D eigenvalue weighted by Gasteiger charge is -2.34. The topological polar surface area (TPSA) is 92.5 Å². The lowest BCUT2D eigenvalue weighted by Crippen LogP contribution is -2.46. The number of benzene rings is 1. The Labute approximate surface area is 145 Å². The molecule has 7 nitrogen and oxygen atoms in total. The maximum atomic E-state index is 12.7. The number of fused-ring (bicyclic) bond motifs is 1. The fraction of sp³-hybridized carbons (Fsp3) is 0.538. The molecular weight excluding hydrogens is 365 g/mol. The normalized spacial score (nSPS) is 24.7. The smallest absolute Gasteiger partial charge is 0.271 e. The van der Waals surface area contributed by atoms with Crippen LogP contribution in [-0.2, 0) is 10.0 Å². The molecule has 2 unspecified atom stereocenters. The van der Waals surface area contributed by atoms with Crippen LogP contribution in [0.15, 0.2) is 23.1 Å². The first-order valence-electron chi connectivity index (χ1n) is 7.07. The molecule has 2 heterocycles. The van der Waals surface area contributed by atoms with E-state index in [9.17, 15) is 18.5 Å².